The lowest BCUT2D eigenvalue weighted by Crippen LogP contribution is -2.46. The summed E-state index contributed by atoms with van der Waals surface area (Å²) in [6.45, 7) is 0.363. The average molecular weight is 498 g/mol. The normalized spacial score (nSPS) is 28.8. The van der Waals surface area contributed by atoms with Crippen molar-refractivity contribution in [1.82, 2.24) is 9.55 Å². The number of aromatic amines is 1. The van der Waals surface area contributed by atoms with Gasteiger partial charge < -0.3 is 34.5 Å². The second kappa shape index (κ2) is 8.48. The maximum absolute atomic E-state index is 12.2. The molecule has 1 aliphatic heterocycles. The van der Waals surface area contributed by atoms with Crippen LogP contribution in [0.3, 0.4) is 0 Å². The Hall–Kier alpha value is -1.03. The van der Waals surface area contributed by atoms with Gasteiger partial charge in [-0.1, -0.05) is 0 Å². The molecule has 0 bridgehead atoms. The first kappa shape index (κ1) is 25.2. The minimum absolute atomic E-state index is 0.130. The molecule has 1 aliphatic rings. The summed E-state index contributed by atoms with van der Waals surface area (Å²) < 4.78 is 51.9. The van der Waals surface area contributed by atoms with Crippen molar-refractivity contribution in [2.24, 2.45) is 0 Å². The van der Waals surface area contributed by atoms with Crippen LogP contribution >= 0.6 is 23.5 Å². The molecule has 1 saturated heterocycles. The van der Waals surface area contributed by atoms with Crippen molar-refractivity contribution in [3.8, 4) is 0 Å². The van der Waals surface area contributed by atoms with E-state index >= 15 is 0 Å². The molecule has 1 aromatic rings. The zero-order valence-corrected chi connectivity index (χ0v) is 17.5. The highest BCUT2D eigenvalue weighted by Gasteiger charge is 2.55. The van der Waals surface area contributed by atoms with E-state index in [0.717, 1.165) is 6.20 Å². The van der Waals surface area contributed by atoms with Crippen LogP contribution in [-0.2, 0) is 37.5 Å². The van der Waals surface area contributed by atoms with E-state index in [9.17, 15) is 43.3 Å². The Morgan fingerprint density at radius 3 is 2.30 bits per heavy atom. The molecule has 2 unspecified atom stereocenters. The number of aromatic nitrogens is 2. The van der Waals surface area contributed by atoms with Gasteiger partial charge in [0.25, 0.3) is 11.5 Å². The zero-order valence-electron chi connectivity index (χ0n) is 14.8. The van der Waals surface area contributed by atoms with E-state index < -0.39 is 65.9 Å². The molecule has 0 aliphatic carbocycles. The highest BCUT2D eigenvalue weighted by Crippen LogP contribution is 2.68. The van der Waals surface area contributed by atoms with Gasteiger partial charge >= 0.3 is 29.2 Å². The lowest BCUT2D eigenvalue weighted by molar-refractivity contribution is -0.246. The van der Waals surface area contributed by atoms with Crippen molar-refractivity contribution in [2.75, 3.05) is 6.61 Å². The molecule has 7 N–H and O–H groups in total. The van der Waals surface area contributed by atoms with Crippen LogP contribution in [0.5, 0.6) is 0 Å². The first-order valence-corrected chi connectivity index (χ1v) is 12.2. The van der Waals surface area contributed by atoms with Crippen LogP contribution in [0.2, 0.25) is 0 Å². The third kappa shape index (κ3) is 6.02. The minimum Gasteiger partial charge on any atom is -0.394 e. The van der Waals surface area contributed by atoms with E-state index in [0.29, 0.717) is 4.57 Å². The Morgan fingerprint density at radius 1 is 1.20 bits per heavy atom. The van der Waals surface area contributed by atoms with Crippen LogP contribution < -0.4 is 11.2 Å². The highest BCUT2D eigenvalue weighted by atomic mass is 31.3. The molecule has 5 atom stereocenters. The van der Waals surface area contributed by atoms with Gasteiger partial charge in [0.2, 0.25) is 0 Å². The van der Waals surface area contributed by atoms with Gasteiger partial charge in [0, 0.05) is 11.8 Å². The van der Waals surface area contributed by atoms with Crippen LogP contribution in [0, 0.1) is 6.92 Å². The number of nitrogens with zero attached hydrogens (tertiary/aromatic N) is 1. The van der Waals surface area contributed by atoms with E-state index in [1.807, 2.05) is 4.98 Å². The molecule has 1 aromatic heterocycles. The van der Waals surface area contributed by atoms with Gasteiger partial charge in [0.05, 0.1) is 19.1 Å². The van der Waals surface area contributed by atoms with Crippen LogP contribution in [0.25, 0.3) is 0 Å². The van der Waals surface area contributed by atoms with Gasteiger partial charge in [-0.3, -0.25) is 9.78 Å². The number of aryl methyl sites for hydroxylation is 1. The smallest absolute Gasteiger partial charge is 0.394 e. The highest BCUT2D eigenvalue weighted by molar-refractivity contribution is 7.66. The number of hydrogen-bond acceptors (Lipinski definition) is 11. The van der Waals surface area contributed by atoms with Crippen molar-refractivity contribution in [3.63, 3.8) is 0 Å². The Bertz CT molecular complexity index is 1060. The van der Waals surface area contributed by atoms with Crippen molar-refractivity contribution < 1.29 is 61.4 Å². The molecular formula is C10H17N2O15P3. The van der Waals surface area contributed by atoms with Gasteiger partial charge in [0.15, 0.2) is 0 Å². The molecule has 0 amide bonds. The minimum atomic E-state index is -5.89. The lowest BCUT2D eigenvalue weighted by Gasteiger charge is -2.31. The molecule has 17 nitrogen and oxygen atoms in total. The number of phosphoric acid groups is 3. The predicted molar refractivity (Wildman–Crippen MR) is 91.6 cm³/mol. The van der Waals surface area contributed by atoms with Gasteiger partial charge in [-0.2, -0.15) is 8.62 Å². The molecular weight excluding hydrogens is 481 g/mol. The summed E-state index contributed by atoms with van der Waals surface area (Å²) in [6.07, 6.45) is -3.09. The maximum Gasteiger partial charge on any atom is 0.490 e. The molecule has 0 saturated carbocycles. The summed E-state index contributed by atoms with van der Waals surface area (Å²) >= 11 is 0. The SMILES string of the molecule is Cc1cn([C@@]2(OP(=O)(O)OP(=O)(O)OP(=O)(O)O)C[C@H](O)[C@@H](CO)O2)c(=O)[nH]c1=O. The fraction of sp³-hybridized carbons (Fsp3) is 0.600. The number of phosphoric ester groups is 1. The summed E-state index contributed by atoms with van der Waals surface area (Å²) in [5, 5.41) is 19.2. The van der Waals surface area contributed by atoms with Crippen molar-refractivity contribution in [1.29, 1.82) is 0 Å². The van der Waals surface area contributed by atoms with Crippen LogP contribution in [-0.4, -0.2) is 58.2 Å². The maximum atomic E-state index is 12.2. The summed E-state index contributed by atoms with van der Waals surface area (Å²) in [7, 11) is -17.4. The van der Waals surface area contributed by atoms with E-state index in [1.165, 1.54) is 6.92 Å². The first-order valence-electron chi connectivity index (χ1n) is 7.63. The number of rotatable bonds is 8. The summed E-state index contributed by atoms with van der Waals surface area (Å²) in [4.78, 5) is 61.8. The van der Waals surface area contributed by atoms with Crippen molar-refractivity contribution >= 4 is 23.5 Å². The number of hydrogen-bond donors (Lipinski definition) is 7. The molecule has 1 fully saturated rings. The topological polar surface area (TPSA) is 264 Å². The summed E-state index contributed by atoms with van der Waals surface area (Å²) in [6, 6.07) is 0. The van der Waals surface area contributed by atoms with Crippen molar-refractivity contribution in [3.05, 3.63) is 32.6 Å². The number of aliphatic hydroxyl groups is 2. The second-order valence-electron chi connectivity index (χ2n) is 5.95. The fourth-order valence-corrected chi connectivity index (χ4v) is 5.68. The molecule has 2 heterocycles. The zero-order chi connectivity index (χ0) is 23.1. The lowest BCUT2D eigenvalue weighted by atomic mass is 10.2. The van der Waals surface area contributed by atoms with Crippen LogP contribution in [0.4, 0.5) is 0 Å². The Morgan fingerprint density at radius 2 is 1.80 bits per heavy atom. The van der Waals surface area contributed by atoms with E-state index in [-0.39, 0.29) is 5.56 Å². The number of H-pyrrole nitrogens is 1. The fourth-order valence-electron chi connectivity index (χ4n) is 2.47. The largest absolute Gasteiger partial charge is 0.490 e. The Balaban J connectivity index is 2.50. The number of ether oxygens (including phenoxy) is 1. The van der Waals surface area contributed by atoms with Gasteiger partial charge in [0.1, 0.15) is 6.10 Å². The third-order valence-corrected chi connectivity index (χ3v) is 7.42. The molecule has 20 heteroatoms. The van der Waals surface area contributed by atoms with Gasteiger partial charge in [-0.25, -0.2) is 27.6 Å². The monoisotopic (exact) mass is 498 g/mol. The van der Waals surface area contributed by atoms with E-state index in [1.54, 1.807) is 0 Å². The molecule has 30 heavy (non-hydrogen) atoms. The quantitative estimate of drug-likeness (QED) is 0.190. The number of aliphatic hydroxyl groups excluding tert-OH is 2. The molecule has 0 radical (unpaired) electrons. The van der Waals surface area contributed by atoms with E-state index in [2.05, 4.69) is 13.1 Å². The average Bonchev–Trinajstić information content (AvgIpc) is 2.82. The van der Waals surface area contributed by atoms with Crippen molar-refractivity contribution in [2.45, 2.75) is 31.5 Å². The standard InChI is InChI=1S/C10H17N2O15P3/c1-5-3-12(9(16)11-8(5)15)10(2-6(14)7(4-13)24-10)25-29(20,21)27-30(22,23)26-28(17,18)19/h3,6-7,13-14H,2,4H2,1H3,(H,20,21)(H,22,23)(H,11,15,16)(H2,17,18,19)/t6-,7+,10-/m0/s1. The molecule has 172 valence electrons. The molecule has 0 aromatic carbocycles. The second-order valence-corrected chi connectivity index (χ2v) is 10.3. The summed E-state index contributed by atoms with van der Waals surface area (Å²) in [5.41, 5.74) is -2.24. The Labute approximate surface area is 165 Å². The predicted octanol–water partition coefficient (Wildman–Crippen LogP) is -2.06. The summed E-state index contributed by atoms with van der Waals surface area (Å²) in [5.74, 6) is -2.76. The van der Waals surface area contributed by atoms with Gasteiger partial charge in [-0.15, -0.1) is 0 Å². The molecule has 2 rings (SSSR count). The van der Waals surface area contributed by atoms with E-state index in [4.69, 9.17) is 14.5 Å². The van der Waals surface area contributed by atoms with Gasteiger partial charge in [-0.05, 0) is 6.92 Å². The van der Waals surface area contributed by atoms with Crippen LogP contribution in [0.1, 0.15) is 12.0 Å². The molecule has 0 spiro atoms. The Kier molecular flexibility index (Phi) is 7.14. The third-order valence-electron chi connectivity index (χ3n) is 3.57. The van der Waals surface area contributed by atoms with Crippen LogP contribution in [0.15, 0.2) is 15.8 Å². The first-order chi connectivity index (χ1) is 13.5. The number of nitrogens with one attached hydrogen (secondary N) is 1.